The summed E-state index contributed by atoms with van der Waals surface area (Å²) < 4.78 is 11.8. The highest BCUT2D eigenvalue weighted by Crippen LogP contribution is 2.38. The highest BCUT2D eigenvalue weighted by Gasteiger charge is 2.45. The van der Waals surface area contributed by atoms with Gasteiger partial charge in [0.15, 0.2) is 5.76 Å². The normalized spacial score (nSPS) is 24.8. The number of piperidine rings is 1. The fourth-order valence-electron chi connectivity index (χ4n) is 4.36. The lowest BCUT2D eigenvalue weighted by atomic mass is 9.99. The predicted octanol–water partition coefficient (Wildman–Crippen LogP) is 4.04. The van der Waals surface area contributed by atoms with E-state index in [0.717, 1.165) is 36.7 Å². The van der Waals surface area contributed by atoms with Crippen LogP contribution in [0.1, 0.15) is 36.2 Å². The molecule has 2 saturated heterocycles. The van der Waals surface area contributed by atoms with Crippen LogP contribution in [0.4, 0.5) is 0 Å². The lowest BCUT2D eigenvalue weighted by molar-refractivity contribution is 0.0325. The van der Waals surface area contributed by atoms with Crippen LogP contribution in [0.3, 0.4) is 0 Å². The predicted molar refractivity (Wildman–Crippen MR) is 97.1 cm³/mol. The number of ether oxygens (including phenoxy) is 1. The van der Waals surface area contributed by atoms with Crippen molar-refractivity contribution < 1.29 is 13.9 Å². The number of hydrogen-bond acceptors (Lipinski definition) is 4. The van der Waals surface area contributed by atoms with E-state index in [9.17, 15) is 4.79 Å². The minimum atomic E-state index is 0.00462. The van der Waals surface area contributed by atoms with E-state index in [-0.39, 0.29) is 24.1 Å². The molecular formula is C21H20N2O3. The van der Waals surface area contributed by atoms with E-state index < -0.39 is 0 Å². The second kappa shape index (κ2) is 6.16. The molecule has 2 aliphatic heterocycles. The van der Waals surface area contributed by atoms with Crippen LogP contribution in [0.25, 0.3) is 11.0 Å². The third-order valence-electron chi connectivity index (χ3n) is 5.49. The van der Waals surface area contributed by atoms with Crippen molar-refractivity contribution in [3.05, 3.63) is 60.5 Å². The van der Waals surface area contributed by atoms with Gasteiger partial charge in [-0.1, -0.05) is 24.3 Å². The van der Waals surface area contributed by atoms with Gasteiger partial charge in [-0.25, -0.2) is 4.98 Å². The molecule has 0 N–H and O–H groups in total. The van der Waals surface area contributed by atoms with Crippen LogP contribution in [0.15, 0.2) is 59.1 Å². The summed E-state index contributed by atoms with van der Waals surface area (Å²) in [6.07, 6.45) is 5.60. The number of nitrogens with zero attached hydrogens (tertiary/aromatic N) is 2. The van der Waals surface area contributed by atoms with Gasteiger partial charge in [-0.2, -0.15) is 0 Å². The number of rotatable bonds is 3. The first-order chi connectivity index (χ1) is 12.8. The van der Waals surface area contributed by atoms with Gasteiger partial charge in [0, 0.05) is 42.6 Å². The van der Waals surface area contributed by atoms with Crippen molar-refractivity contribution in [3.8, 4) is 5.88 Å². The Labute approximate surface area is 151 Å². The van der Waals surface area contributed by atoms with Crippen LogP contribution >= 0.6 is 0 Å². The Kier molecular flexibility index (Phi) is 3.66. The second-order valence-corrected chi connectivity index (χ2v) is 7.13. The van der Waals surface area contributed by atoms with Crippen molar-refractivity contribution in [3.63, 3.8) is 0 Å². The van der Waals surface area contributed by atoms with Crippen molar-refractivity contribution in [1.29, 1.82) is 0 Å². The number of benzene rings is 1. The van der Waals surface area contributed by atoms with E-state index in [2.05, 4.69) is 4.98 Å². The quantitative estimate of drug-likeness (QED) is 0.717. The Morgan fingerprint density at radius 1 is 1.08 bits per heavy atom. The maximum absolute atomic E-state index is 13.1. The SMILES string of the molecule is O=C(c1cc2ccccc2o1)N1C2CCC1CC(Oc1ccccn1)C2. The lowest BCUT2D eigenvalue weighted by Crippen LogP contribution is -2.49. The lowest BCUT2D eigenvalue weighted by Gasteiger charge is -2.38. The van der Waals surface area contributed by atoms with Gasteiger partial charge in [0.25, 0.3) is 5.91 Å². The zero-order valence-electron chi connectivity index (χ0n) is 14.4. The smallest absolute Gasteiger partial charge is 0.290 e. The molecule has 2 unspecified atom stereocenters. The molecule has 3 aromatic rings. The molecule has 2 aliphatic rings. The summed E-state index contributed by atoms with van der Waals surface area (Å²) in [6, 6.07) is 15.7. The van der Waals surface area contributed by atoms with Gasteiger partial charge in [0.1, 0.15) is 11.7 Å². The summed E-state index contributed by atoms with van der Waals surface area (Å²) in [7, 11) is 0. The molecule has 2 aromatic heterocycles. The largest absolute Gasteiger partial charge is 0.474 e. The van der Waals surface area contributed by atoms with E-state index >= 15 is 0 Å². The molecular weight excluding hydrogens is 328 g/mol. The summed E-state index contributed by atoms with van der Waals surface area (Å²) >= 11 is 0. The Morgan fingerprint density at radius 2 is 1.85 bits per heavy atom. The van der Waals surface area contributed by atoms with Crippen molar-refractivity contribution >= 4 is 16.9 Å². The molecule has 26 heavy (non-hydrogen) atoms. The first-order valence-corrected chi connectivity index (χ1v) is 9.17. The fraction of sp³-hybridized carbons (Fsp3) is 0.333. The van der Waals surface area contributed by atoms with E-state index in [4.69, 9.17) is 9.15 Å². The number of para-hydroxylation sites is 1. The molecule has 0 aliphatic carbocycles. The standard InChI is InChI=1S/C21H20N2O3/c24-21(19-11-14-5-1-2-6-18(14)26-19)23-15-8-9-16(23)13-17(12-15)25-20-7-3-4-10-22-20/h1-7,10-11,15-17H,8-9,12-13H2. The summed E-state index contributed by atoms with van der Waals surface area (Å²) in [5.41, 5.74) is 0.761. The zero-order chi connectivity index (χ0) is 17.5. The van der Waals surface area contributed by atoms with E-state index in [1.54, 1.807) is 6.20 Å². The molecule has 0 spiro atoms. The van der Waals surface area contributed by atoms with Crippen LogP contribution < -0.4 is 4.74 Å². The molecule has 1 amide bonds. The average molecular weight is 348 g/mol. The number of pyridine rings is 1. The van der Waals surface area contributed by atoms with E-state index in [1.165, 1.54) is 0 Å². The average Bonchev–Trinajstić information content (AvgIpc) is 3.21. The number of amides is 1. The van der Waals surface area contributed by atoms with Crippen LogP contribution in [0.2, 0.25) is 0 Å². The molecule has 2 atom stereocenters. The number of hydrogen-bond donors (Lipinski definition) is 0. The first-order valence-electron chi connectivity index (χ1n) is 9.17. The molecule has 5 rings (SSSR count). The third kappa shape index (κ3) is 2.64. The molecule has 0 saturated carbocycles. The Balaban J connectivity index is 1.34. The van der Waals surface area contributed by atoms with Crippen molar-refractivity contribution in [2.45, 2.75) is 43.9 Å². The molecule has 132 valence electrons. The molecule has 4 heterocycles. The number of fused-ring (bicyclic) bond motifs is 3. The fourth-order valence-corrected chi connectivity index (χ4v) is 4.36. The minimum absolute atomic E-state index is 0.00462. The molecule has 5 heteroatoms. The molecule has 5 nitrogen and oxygen atoms in total. The highest BCUT2D eigenvalue weighted by molar-refractivity contribution is 5.96. The van der Waals surface area contributed by atoms with Gasteiger partial charge in [-0.15, -0.1) is 0 Å². The number of furan rings is 1. The van der Waals surface area contributed by atoms with Crippen molar-refractivity contribution in [1.82, 2.24) is 9.88 Å². The van der Waals surface area contributed by atoms with Gasteiger partial charge in [-0.3, -0.25) is 4.79 Å². The number of carbonyl (C=O) groups excluding carboxylic acids is 1. The Hall–Kier alpha value is -2.82. The van der Waals surface area contributed by atoms with Crippen LogP contribution in [0.5, 0.6) is 5.88 Å². The first kappa shape index (κ1) is 15.4. The van der Waals surface area contributed by atoms with Gasteiger partial charge in [-0.05, 0) is 31.0 Å². The third-order valence-corrected chi connectivity index (χ3v) is 5.49. The topological polar surface area (TPSA) is 55.6 Å². The minimum Gasteiger partial charge on any atom is -0.474 e. The van der Waals surface area contributed by atoms with Crippen molar-refractivity contribution in [2.24, 2.45) is 0 Å². The van der Waals surface area contributed by atoms with Gasteiger partial charge >= 0.3 is 0 Å². The van der Waals surface area contributed by atoms with Crippen LogP contribution in [-0.2, 0) is 0 Å². The highest BCUT2D eigenvalue weighted by atomic mass is 16.5. The van der Waals surface area contributed by atoms with E-state index in [1.807, 2.05) is 53.4 Å². The Bertz CT molecular complexity index is 890. The molecule has 2 fully saturated rings. The maximum Gasteiger partial charge on any atom is 0.290 e. The van der Waals surface area contributed by atoms with Gasteiger partial charge < -0.3 is 14.1 Å². The van der Waals surface area contributed by atoms with Crippen molar-refractivity contribution in [2.75, 3.05) is 0 Å². The molecule has 0 radical (unpaired) electrons. The summed E-state index contributed by atoms with van der Waals surface area (Å²) in [5.74, 6) is 1.10. The molecule has 1 aromatic carbocycles. The van der Waals surface area contributed by atoms with Crippen LogP contribution in [-0.4, -0.2) is 34.0 Å². The maximum atomic E-state index is 13.1. The van der Waals surface area contributed by atoms with Gasteiger partial charge in [0.05, 0.1) is 0 Å². The Morgan fingerprint density at radius 3 is 2.58 bits per heavy atom. The summed E-state index contributed by atoms with van der Waals surface area (Å²) in [6.45, 7) is 0. The number of carbonyl (C=O) groups is 1. The molecule has 2 bridgehead atoms. The van der Waals surface area contributed by atoms with Crippen LogP contribution in [0, 0.1) is 0 Å². The zero-order valence-corrected chi connectivity index (χ0v) is 14.4. The number of aromatic nitrogens is 1. The monoisotopic (exact) mass is 348 g/mol. The summed E-state index contributed by atoms with van der Waals surface area (Å²) in [4.78, 5) is 19.3. The second-order valence-electron chi connectivity index (χ2n) is 7.13. The summed E-state index contributed by atoms with van der Waals surface area (Å²) in [5, 5.41) is 0.969. The van der Waals surface area contributed by atoms with E-state index in [0.29, 0.717) is 11.6 Å². The van der Waals surface area contributed by atoms with Gasteiger partial charge in [0.2, 0.25) is 5.88 Å².